The first kappa shape index (κ1) is 61.7. The maximum absolute atomic E-state index is 14.2. The summed E-state index contributed by atoms with van der Waals surface area (Å²) in [6.45, 7) is 9.63. The highest BCUT2D eigenvalue weighted by Gasteiger charge is 2.25. The molecule has 81 heavy (non-hydrogen) atoms. The predicted octanol–water partition coefficient (Wildman–Crippen LogP) is 11.0. The fourth-order valence-electron chi connectivity index (χ4n) is 8.27. The van der Waals surface area contributed by atoms with Crippen LogP contribution >= 0.6 is 39.1 Å². The van der Waals surface area contributed by atoms with E-state index in [1.54, 1.807) is 64.5 Å². The van der Waals surface area contributed by atoms with Crippen LogP contribution in [-0.4, -0.2) is 89.3 Å². The number of carbonyl (C=O) groups excluding carboxylic acids is 6. The topological polar surface area (TPSA) is 169 Å². The molecule has 4 aromatic heterocycles. The van der Waals surface area contributed by atoms with Gasteiger partial charge in [0.15, 0.2) is 11.6 Å². The van der Waals surface area contributed by atoms with Crippen LogP contribution in [0.15, 0.2) is 139 Å². The molecule has 0 aliphatic rings. The van der Waals surface area contributed by atoms with Crippen LogP contribution < -0.4 is 10.6 Å². The number of aromatic nitrogens is 4. The second kappa shape index (κ2) is 29.1. The molecule has 0 unspecified atom stereocenters. The van der Waals surface area contributed by atoms with Gasteiger partial charge in [0.2, 0.25) is 23.6 Å². The molecular weight excluding hydrogens is 1140 g/mol. The summed E-state index contributed by atoms with van der Waals surface area (Å²) < 4.78 is 32.5. The molecule has 2 N–H and O–H groups in total. The second-order valence-corrected chi connectivity index (χ2v) is 20.7. The molecule has 0 spiro atoms. The number of benzene rings is 4. The summed E-state index contributed by atoms with van der Waals surface area (Å²) in [6.07, 6.45) is 15.1. The Morgan fingerprint density at radius 2 is 1.06 bits per heavy atom. The van der Waals surface area contributed by atoms with E-state index in [1.165, 1.54) is 47.9 Å². The van der Waals surface area contributed by atoms with Gasteiger partial charge >= 0.3 is 0 Å². The van der Waals surface area contributed by atoms with Gasteiger partial charge in [-0.3, -0.25) is 38.7 Å². The van der Waals surface area contributed by atoms with Crippen LogP contribution in [0.1, 0.15) is 90.1 Å². The number of hydrogen-bond acceptors (Lipinski definition) is 8. The molecule has 4 aromatic carbocycles. The Morgan fingerprint density at radius 1 is 0.617 bits per heavy atom. The van der Waals surface area contributed by atoms with E-state index >= 15 is 0 Å². The van der Waals surface area contributed by atoms with E-state index in [1.807, 2.05) is 82.3 Å². The SMILES string of the molecule is C#Cc1cccnc1.CC(=O)c1cn(CC(=O)N(CC(=O)NCc2cccc(Cl)c2F)C(C)C)c2ccc(Br)cc12.CC(=O)c1cn(CC(=O)N(CC(=O)NCc2cccc(Cl)c2F)C(C)C)c2ccc(C#Cc3cccnc3)cc12. The van der Waals surface area contributed by atoms with Crippen molar-refractivity contribution in [1.82, 2.24) is 39.5 Å². The standard InChI is InChI=1S/C31H28ClFN4O3.C24H24BrClFN3O3.C7H5N/c1-20(2)37(18-29(39)35-16-24-7-4-8-27(32)31(24)33)30(40)19-36-17-26(21(3)38)25-14-22(11-12-28(25)36)9-10-23-6-5-13-34-15-23;1-14(2)30(12-22(32)28-10-16-5-4-6-20(26)24(16)27)23(33)13-29-11-19(15(3)31)18-9-17(25)7-8-21(18)29;1-2-7-4-3-5-8-6-7/h4-8,11-15,17,20H,16,18-19H2,1-3H3,(H,35,39);4-9,11,14H,10,12-13H2,1-3H3,(H,28,32);1,3-6H. The van der Waals surface area contributed by atoms with Gasteiger partial charge in [-0.25, -0.2) is 8.78 Å². The maximum Gasteiger partial charge on any atom is 0.243 e. The molecule has 0 aliphatic carbocycles. The third-order valence-electron chi connectivity index (χ3n) is 12.5. The molecule has 0 saturated carbocycles. The van der Waals surface area contributed by atoms with Crippen molar-refractivity contribution in [2.75, 3.05) is 13.1 Å². The molecule has 416 valence electrons. The number of fused-ring (bicyclic) bond motifs is 2. The fraction of sp³-hybridized carbons (Fsp3) is 0.226. The summed E-state index contributed by atoms with van der Waals surface area (Å²) in [6, 6.07) is 27.0. The second-order valence-electron chi connectivity index (χ2n) is 18.9. The lowest BCUT2D eigenvalue weighted by Gasteiger charge is -2.26. The molecule has 8 rings (SSSR count). The Morgan fingerprint density at radius 3 is 1.48 bits per heavy atom. The van der Waals surface area contributed by atoms with Crippen molar-refractivity contribution in [3.05, 3.63) is 199 Å². The Balaban J connectivity index is 0.000000232. The molecule has 0 saturated heterocycles. The fourth-order valence-corrected chi connectivity index (χ4v) is 9.01. The summed E-state index contributed by atoms with van der Waals surface area (Å²) in [5.41, 5.74) is 5.29. The van der Waals surface area contributed by atoms with Gasteiger partial charge in [-0.05, 0) is 114 Å². The lowest BCUT2D eigenvalue weighted by Crippen LogP contribution is -2.45. The van der Waals surface area contributed by atoms with E-state index in [0.29, 0.717) is 22.0 Å². The number of terminal acetylenes is 1. The number of Topliss-reactive ketones (excluding diaryl/α,β-unsaturated/α-hetero) is 2. The summed E-state index contributed by atoms with van der Waals surface area (Å²) in [5, 5.41) is 6.69. The molecule has 0 aliphatic heterocycles. The average Bonchev–Trinajstić information content (AvgIpc) is 4.15. The molecule has 4 heterocycles. The van der Waals surface area contributed by atoms with E-state index in [-0.39, 0.29) is 95.9 Å². The molecule has 0 radical (unpaired) electrons. The molecule has 4 amide bonds. The molecule has 19 heteroatoms. The molecule has 0 atom stereocenters. The summed E-state index contributed by atoms with van der Waals surface area (Å²) >= 11 is 15.0. The first-order valence-corrected chi connectivity index (χ1v) is 26.9. The van der Waals surface area contributed by atoms with Crippen LogP contribution in [-0.2, 0) is 45.4 Å². The van der Waals surface area contributed by atoms with E-state index in [9.17, 15) is 37.5 Å². The quantitative estimate of drug-likeness (QED) is 0.0712. The Kier molecular flexibility index (Phi) is 22.2. The number of amides is 4. The van der Waals surface area contributed by atoms with Gasteiger partial charge in [0.05, 0.1) is 23.1 Å². The minimum Gasteiger partial charge on any atom is -0.350 e. The van der Waals surface area contributed by atoms with Gasteiger partial charge in [0, 0.05) is 128 Å². The molecule has 0 fully saturated rings. The van der Waals surface area contributed by atoms with Crippen molar-refractivity contribution in [1.29, 1.82) is 0 Å². The van der Waals surface area contributed by atoms with Gasteiger partial charge in [-0.15, -0.1) is 6.42 Å². The monoisotopic (exact) mass is 1200 g/mol. The molecule has 14 nitrogen and oxygen atoms in total. The zero-order valence-electron chi connectivity index (χ0n) is 45.2. The third kappa shape index (κ3) is 17.0. The highest BCUT2D eigenvalue weighted by molar-refractivity contribution is 9.10. The Labute approximate surface area is 487 Å². The van der Waals surface area contributed by atoms with Crippen molar-refractivity contribution < 1.29 is 37.5 Å². The lowest BCUT2D eigenvalue weighted by atomic mass is 10.1. The first-order valence-electron chi connectivity index (χ1n) is 25.4. The molecular formula is C62H57BrCl2F2N8O6. The van der Waals surface area contributed by atoms with Gasteiger partial charge in [0.1, 0.15) is 24.7 Å². The van der Waals surface area contributed by atoms with Crippen molar-refractivity contribution in [3.8, 4) is 24.2 Å². The van der Waals surface area contributed by atoms with Crippen LogP contribution in [0.25, 0.3) is 21.8 Å². The average molecular weight is 1200 g/mol. The smallest absolute Gasteiger partial charge is 0.243 e. The largest absolute Gasteiger partial charge is 0.350 e. The van der Waals surface area contributed by atoms with Crippen LogP contribution in [0.4, 0.5) is 8.78 Å². The summed E-state index contributed by atoms with van der Waals surface area (Å²) in [5.74, 6) is 5.79. The Hall–Kier alpha value is -8.48. The number of rotatable bonds is 16. The highest BCUT2D eigenvalue weighted by atomic mass is 79.9. The van der Waals surface area contributed by atoms with Gasteiger partial charge in [0.25, 0.3) is 0 Å². The number of nitrogens with one attached hydrogen (secondary N) is 2. The minimum atomic E-state index is -0.590. The predicted molar refractivity (Wildman–Crippen MR) is 314 cm³/mol. The third-order valence-corrected chi connectivity index (χ3v) is 13.5. The van der Waals surface area contributed by atoms with Crippen molar-refractivity contribution in [2.24, 2.45) is 0 Å². The van der Waals surface area contributed by atoms with E-state index in [2.05, 4.69) is 54.3 Å². The first-order chi connectivity index (χ1) is 38.6. The van der Waals surface area contributed by atoms with E-state index in [4.69, 9.17) is 29.6 Å². The van der Waals surface area contributed by atoms with Crippen molar-refractivity contribution >= 4 is 96.1 Å². The number of pyridine rings is 2. The number of carbonyl (C=O) groups is 6. The van der Waals surface area contributed by atoms with Crippen LogP contribution in [0, 0.1) is 35.8 Å². The molecule has 0 bridgehead atoms. The summed E-state index contributed by atoms with van der Waals surface area (Å²) in [4.78, 5) is 86.9. The lowest BCUT2D eigenvalue weighted by molar-refractivity contribution is -0.138. The van der Waals surface area contributed by atoms with Gasteiger partial charge < -0.3 is 29.6 Å². The van der Waals surface area contributed by atoms with E-state index < -0.39 is 23.4 Å². The highest BCUT2D eigenvalue weighted by Crippen LogP contribution is 2.27. The molecule has 8 aromatic rings. The summed E-state index contributed by atoms with van der Waals surface area (Å²) in [7, 11) is 0. The van der Waals surface area contributed by atoms with Crippen LogP contribution in [0.5, 0.6) is 0 Å². The van der Waals surface area contributed by atoms with Crippen molar-refractivity contribution in [3.63, 3.8) is 0 Å². The Bertz CT molecular complexity index is 3720. The normalized spacial score (nSPS) is 10.6. The zero-order valence-corrected chi connectivity index (χ0v) is 48.3. The number of hydrogen-bond donors (Lipinski definition) is 2. The number of halogens is 5. The minimum absolute atomic E-state index is 0.0170. The number of ketones is 2. The van der Waals surface area contributed by atoms with Gasteiger partial charge in [-0.1, -0.05) is 81.2 Å². The van der Waals surface area contributed by atoms with Crippen molar-refractivity contribution in [2.45, 2.75) is 79.8 Å². The number of nitrogens with zero attached hydrogens (tertiary/aromatic N) is 6. The maximum atomic E-state index is 14.2. The van der Waals surface area contributed by atoms with Crippen LogP contribution in [0.3, 0.4) is 0 Å². The zero-order chi connectivity index (χ0) is 58.9. The van der Waals surface area contributed by atoms with E-state index in [0.717, 1.165) is 32.1 Å². The van der Waals surface area contributed by atoms with Gasteiger partial charge in [-0.2, -0.15) is 0 Å². The van der Waals surface area contributed by atoms with Crippen LogP contribution in [0.2, 0.25) is 10.0 Å².